The zero-order valence-corrected chi connectivity index (χ0v) is 15.2. The minimum Gasteiger partial charge on any atom is -0.378 e. The highest BCUT2D eigenvalue weighted by molar-refractivity contribution is 5.89. The number of ether oxygens (including phenoxy) is 1. The average molecular weight is 371 g/mol. The Morgan fingerprint density at radius 1 is 1.19 bits per heavy atom. The minimum absolute atomic E-state index is 0.182. The number of nitrogens with one attached hydrogen (secondary N) is 1. The molecule has 2 amide bonds. The van der Waals surface area contributed by atoms with Crippen LogP contribution in [0.1, 0.15) is 17.1 Å². The minimum atomic E-state index is -0.448. The van der Waals surface area contributed by atoms with Crippen molar-refractivity contribution in [2.24, 2.45) is 0 Å². The number of aryl methyl sites for hydroxylation is 1. The molecule has 1 aromatic carbocycles. The fourth-order valence-corrected chi connectivity index (χ4v) is 3.48. The highest BCUT2D eigenvalue weighted by Crippen LogP contribution is 2.28. The standard InChI is InChI=1S/C19H22FN5O2/c1-13-21-16-6-7-25(19(26)23-17-5-3-2-4-15(17)20)12-14(16)18(22-13)24-8-10-27-11-9-24/h2-5H,6-12H2,1H3,(H,23,26). The average Bonchev–Trinajstić information content (AvgIpc) is 2.69. The molecule has 0 unspecified atom stereocenters. The van der Waals surface area contributed by atoms with Crippen LogP contribution in [0.15, 0.2) is 24.3 Å². The van der Waals surface area contributed by atoms with E-state index in [0.29, 0.717) is 32.7 Å². The number of para-hydroxylation sites is 1. The van der Waals surface area contributed by atoms with E-state index in [9.17, 15) is 9.18 Å². The van der Waals surface area contributed by atoms with E-state index in [0.717, 1.165) is 36.0 Å². The Labute approximate surface area is 157 Å². The Morgan fingerprint density at radius 3 is 2.74 bits per heavy atom. The topological polar surface area (TPSA) is 70.6 Å². The second-order valence-corrected chi connectivity index (χ2v) is 6.70. The molecule has 2 aliphatic rings. The molecule has 0 bridgehead atoms. The maximum absolute atomic E-state index is 13.8. The summed E-state index contributed by atoms with van der Waals surface area (Å²) in [6.45, 7) is 5.69. The summed E-state index contributed by atoms with van der Waals surface area (Å²) >= 11 is 0. The third kappa shape index (κ3) is 3.71. The highest BCUT2D eigenvalue weighted by atomic mass is 19.1. The number of hydrogen-bond donors (Lipinski definition) is 1. The Balaban J connectivity index is 1.56. The SMILES string of the molecule is Cc1nc2c(c(N3CCOCC3)n1)CN(C(=O)Nc1ccccc1F)CC2. The van der Waals surface area contributed by atoms with Gasteiger partial charge in [-0.3, -0.25) is 0 Å². The number of morpholine rings is 1. The number of amides is 2. The molecule has 3 heterocycles. The quantitative estimate of drug-likeness (QED) is 0.878. The normalized spacial score (nSPS) is 16.8. The lowest BCUT2D eigenvalue weighted by atomic mass is 10.1. The molecule has 1 N–H and O–H groups in total. The zero-order valence-electron chi connectivity index (χ0n) is 15.2. The van der Waals surface area contributed by atoms with Crippen LogP contribution in [0.4, 0.5) is 20.7 Å². The van der Waals surface area contributed by atoms with Crippen molar-refractivity contribution in [3.63, 3.8) is 0 Å². The van der Waals surface area contributed by atoms with E-state index >= 15 is 0 Å². The Morgan fingerprint density at radius 2 is 1.96 bits per heavy atom. The first-order valence-electron chi connectivity index (χ1n) is 9.11. The number of urea groups is 1. The molecule has 1 fully saturated rings. The monoisotopic (exact) mass is 371 g/mol. The number of rotatable bonds is 2. The number of carbonyl (C=O) groups is 1. The highest BCUT2D eigenvalue weighted by Gasteiger charge is 2.28. The molecular formula is C19H22FN5O2. The van der Waals surface area contributed by atoms with Crippen LogP contribution in [0.25, 0.3) is 0 Å². The summed E-state index contributed by atoms with van der Waals surface area (Å²) in [5, 5.41) is 2.66. The third-order valence-corrected chi connectivity index (χ3v) is 4.86. The predicted molar refractivity (Wildman–Crippen MR) is 99.3 cm³/mol. The fourth-order valence-electron chi connectivity index (χ4n) is 3.48. The van der Waals surface area contributed by atoms with Gasteiger partial charge in [-0.25, -0.2) is 19.2 Å². The number of hydrogen-bond acceptors (Lipinski definition) is 5. The number of carbonyl (C=O) groups excluding carboxylic acids is 1. The van der Waals surface area contributed by atoms with Gasteiger partial charge in [0.1, 0.15) is 17.5 Å². The van der Waals surface area contributed by atoms with E-state index in [1.165, 1.54) is 6.07 Å². The lowest BCUT2D eigenvalue weighted by Crippen LogP contribution is -2.42. The molecule has 7 nitrogen and oxygen atoms in total. The number of anilines is 2. The second-order valence-electron chi connectivity index (χ2n) is 6.70. The van der Waals surface area contributed by atoms with Crippen molar-refractivity contribution >= 4 is 17.5 Å². The third-order valence-electron chi connectivity index (χ3n) is 4.86. The van der Waals surface area contributed by atoms with E-state index < -0.39 is 5.82 Å². The lowest BCUT2D eigenvalue weighted by Gasteiger charge is -2.34. The Hall–Kier alpha value is -2.74. The van der Waals surface area contributed by atoms with Gasteiger partial charge < -0.3 is 19.9 Å². The lowest BCUT2D eigenvalue weighted by molar-refractivity contribution is 0.122. The van der Waals surface area contributed by atoms with Crippen molar-refractivity contribution < 1.29 is 13.9 Å². The van der Waals surface area contributed by atoms with Crippen molar-refractivity contribution in [2.75, 3.05) is 43.1 Å². The van der Waals surface area contributed by atoms with Crippen molar-refractivity contribution in [2.45, 2.75) is 19.9 Å². The molecule has 27 heavy (non-hydrogen) atoms. The van der Waals surface area contributed by atoms with Crippen LogP contribution in [0.3, 0.4) is 0 Å². The van der Waals surface area contributed by atoms with Crippen LogP contribution >= 0.6 is 0 Å². The van der Waals surface area contributed by atoms with Crippen LogP contribution in [-0.4, -0.2) is 53.7 Å². The van der Waals surface area contributed by atoms with E-state index in [2.05, 4.69) is 20.2 Å². The van der Waals surface area contributed by atoms with Gasteiger partial charge in [-0.15, -0.1) is 0 Å². The largest absolute Gasteiger partial charge is 0.378 e. The van der Waals surface area contributed by atoms with Gasteiger partial charge in [0.25, 0.3) is 0 Å². The van der Waals surface area contributed by atoms with Gasteiger partial charge in [0.05, 0.1) is 31.1 Å². The number of aromatic nitrogens is 2. The van der Waals surface area contributed by atoms with Crippen molar-refractivity contribution in [1.29, 1.82) is 0 Å². The summed E-state index contributed by atoms with van der Waals surface area (Å²) in [7, 11) is 0. The van der Waals surface area contributed by atoms with Gasteiger partial charge >= 0.3 is 6.03 Å². The fraction of sp³-hybridized carbons (Fsp3) is 0.421. The zero-order chi connectivity index (χ0) is 18.8. The van der Waals surface area contributed by atoms with Crippen molar-refractivity contribution in [3.05, 3.63) is 47.2 Å². The van der Waals surface area contributed by atoms with Crippen LogP contribution in [0.5, 0.6) is 0 Å². The number of nitrogens with zero attached hydrogens (tertiary/aromatic N) is 4. The molecule has 0 radical (unpaired) electrons. The predicted octanol–water partition coefficient (Wildman–Crippen LogP) is 2.35. The Kier molecular flexibility index (Phi) is 4.89. The van der Waals surface area contributed by atoms with Gasteiger partial charge in [-0.2, -0.15) is 0 Å². The maximum Gasteiger partial charge on any atom is 0.322 e. The summed E-state index contributed by atoms with van der Waals surface area (Å²) in [5.41, 5.74) is 2.14. The summed E-state index contributed by atoms with van der Waals surface area (Å²) in [5.74, 6) is 1.17. The molecule has 4 rings (SSSR count). The summed E-state index contributed by atoms with van der Waals surface area (Å²) in [4.78, 5) is 25.7. The van der Waals surface area contributed by atoms with Gasteiger partial charge in [0.15, 0.2) is 0 Å². The van der Waals surface area contributed by atoms with Crippen LogP contribution < -0.4 is 10.2 Å². The molecule has 1 aromatic heterocycles. The molecular weight excluding hydrogens is 349 g/mol. The van der Waals surface area contributed by atoms with E-state index in [1.807, 2.05) is 6.92 Å². The second kappa shape index (κ2) is 7.48. The van der Waals surface area contributed by atoms with Crippen molar-refractivity contribution in [1.82, 2.24) is 14.9 Å². The summed E-state index contributed by atoms with van der Waals surface area (Å²) in [6, 6.07) is 5.85. The molecule has 0 aliphatic carbocycles. The van der Waals surface area contributed by atoms with E-state index in [1.54, 1.807) is 23.1 Å². The number of benzene rings is 1. The molecule has 2 aliphatic heterocycles. The van der Waals surface area contributed by atoms with Gasteiger partial charge in [0.2, 0.25) is 0 Å². The smallest absolute Gasteiger partial charge is 0.322 e. The van der Waals surface area contributed by atoms with Crippen LogP contribution in [0, 0.1) is 12.7 Å². The van der Waals surface area contributed by atoms with Crippen LogP contribution in [-0.2, 0) is 17.7 Å². The Bertz CT molecular complexity index is 854. The molecule has 2 aromatic rings. The van der Waals surface area contributed by atoms with E-state index in [4.69, 9.17) is 4.74 Å². The first kappa shape index (κ1) is 17.7. The van der Waals surface area contributed by atoms with Gasteiger partial charge in [-0.05, 0) is 19.1 Å². The van der Waals surface area contributed by atoms with Gasteiger partial charge in [0, 0.05) is 31.6 Å². The molecule has 8 heteroatoms. The number of fused-ring (bicyclic) bond motifs is 1. The molecule has 0 saturated carbocycles. The molecule has 142 valence electrons. The number of halogens is 1. The van der Waals surface area contributed by atoms with Crippen LogP contribution in [0.2, 0.25) is 0 Å². The van der Waals surface area contributed by atoms with Crippen molar-refractivity contribution in [3.8, 4) is 0 Å². The van der Waals surface area contributed by atoms with Gasteiger partial charge in [-0.1, -0.05) is 12.1 Å². The summed E-state index contributed by atoms with van der Waals surface area (Å²) < 4.78 is 19.3. The van der Waals surface area contributed by atoms with E-state index in [-0.39, 0.29) is 11.7 Å². The molecule has 0 atom stereocenters. The first-order chi connectivity index (χ1) is 13.1. The molecule has 1 saturated heterocycles. The molecule has 0 spiro atoms. The maximum atomic E-state index is 13.8. The summed E-state index contributed by atoms with van der Waals surface area (Å²) in [6.07, 6.45) is 0.653. The first-order valence-corrected chi connectivity index (χ1v) is 9.11.